The lowest BCUT2D eigenvalue weighted by atomic mass is 9.98. The van der Waals surface area contributed by atoms with Crippen molar-refractivity contribution >= 4 is 23.4 Å². The summed E-state index contributed by atoms with van der Waals surface area (Å²) in [5.74, 6) is 1.65. The lowest BCUT2D eigenvalue weighted by Crippen LogP contribution is -2.51. The van der Waals surface area contributed by atoms with Gasteiger partial charge in [-0.25, -0.2) is 4.79 Å². The highest BCUT2D eigenvalue weighted by Crippen LogP contribution is 2.35. The fourth-order valence-corrected chi connectivity index (χ4v) is 5.18. The lowest BCUT2D eigenvalue weighted by molar-refractivity contribution is 0.120. The summed E-state index contributed by atoms with van der Waals surface area (Å²) in [4.78, 5) is 16.8. The van der Waals surface area contributed by atoms with Gasteiger partial charge in [0, 0.05) is 25.7 Å². The summed E-state index contributed by atoms with van der Waals surface area (Å²) in [6, 6.07) is 16.0. The molecule has 0 spiro atoms. The molecule has 2 fully saturated rings. The number of ether oxygens (including phenoxy) is 3. The second-order valence-electron chi connectivity index (χ2n) is 8.74. The molecular weight excluding hydrogens is 450 g/mol. The molecule has 2 unspecified atom stereocenters. The van der Waals surface area contributed by atoms with Gasteiger partial charge in [0.2, 0.25) is 0 Å². The van der Waals surface area contributed by atoms with E-state index in [4.69, 9.17) is 26.4 Å². The molecule has 182 valence electrons. The maximum atomic E-state index is 12.7. The van der Waals surface area contributed by atoms with Gasteiger partial charge in [-0.15, -0.1) is 0 Å². The van der Waals surface area contributed by atoms with Crippen molar-refractivity contribution in [1.82, 2.24) is 15.1 Å². The van der Waals surface area contributed by atoms with Crippen LogP contribution in [0.2, 0.25) is 0 Å². The molecule has 0 aliphatic carbocycles. The van der Waals surface area contributed by atoms with Gasteiger partial charge in [0.05, 0.1) is 20.3 Å². The van der Waals surface area contributed by atoms with Crippen molar-refractivity contribution in [3.8, 4) is 11.5 Å². The van der Waals surface area contributed by atoms with Crippen LogP contribution >= 0.6 is 12.2 Å². The summed E-state index contributed by atoms with van der Waals surface area (Å²) in [5, 5.41) is 4.13. The highest BCUT2D eigenvalue weighted by molar-refractivity contribution is 7.80. The van der Waals surface area contributed by atoms with E-state index < -0.39 is 0 Å². The number of nitrogens with one attached hydrogen (secondary N) is 1. The molecule has 34 heavy (non-hydrogen) atoms. The predicted molar refractivity (Wildman–Crippen MR) is 135 cm³/mol. The molecule has 2 atom stereocenters. The number of piperidine rings is 1. The van der Waals surface area contributed by atoms with Crippen LogP contribution in [0.25, 0.3) is 0 Å². The molecule has 0 radical (unpaired) electrons. The van der Waals surface area contributed by atoms with Crippen molar-refractivity contribution in [2.24, 2.45) is 0 Å². The average Bonchev–Trinajstić information content (AvgIpc) is 3.18. The van der Waals surface area contributed by atoms with Crippen LogP contribution in [-0.2, 0) is 11.2 Å². The Labute approximate surface area is 207 Å². The van der Waals surface area contributed by atoms with Crippen molar-refractivity contribution in [3.63, 3.8) is 0 Å². The first-order valence-corrected chi connectivity index (χ1v) is 12.2. The van der Waals surface area contributed by atoms with E-state index in [1.54, 1.807) is 14.2 Å². The molecule has 2 aromatic rings. The fraction of sp³-hybridized carbons (Fsp3) is 0.462. The van der Waals surface area contributed by atoms with Gasteiger partial charge >= 0.3 is 6.09 Å². The molecule has 0 saturated carbocycles. The Morgan fingerprint density at radius 3 is 2.53 bits per heavy atom. The fourth-order valence-electron chi connectivity index (χ4n) is 4.89. The van der Waals surface area contributed by atoms with Crippen LogP contribution in [0, 0.1) is 0 Å². The number of likely N-dealkylation sites (tertiary alicyclic amines) is 1. The van der Waals surface area contributed by atoms with E-state index in [0.29, 0.717) is 6.54 Å². The standard InChI is InChI=1S/C26H33N3O4S/c1-18-24(19-7-5-4-6-8-19)33-26(30)29(18)21-12-15-28(16-13-21)25(34)27-14-11-20-17-22(31-2)9-10-23(20)32-3/h4-10,17-18,21,24H,11-16H2,1-3H3,(H,27,34). The minimum atomic E-state index is -0.219. The van der Waals surface area contributed by atoms with Crippen molar-refractivity contribution in [2.75, 3.05) is 33.9 Å². The van der Waals surface area contributed by atoms with E-state index in [2.05, 4.69) is 17.1 Å². The van der Waals surface area contributed by atoms with Gasteiger partial charge in [0.25, 0.3) is 0 Å². The SMILES string of the molecule is COc1ccc(OC)c(CCNC(=S)N2CCC(N3C(=O)OC(c4ccccc4)C3C)CC2)c1. The Kier molecular flexibility index (Phi) is 7.77. The van der Waals surface area contributed by atoms with E-state index in [1.807, 2.05) is 53.4 Å². The number of hydrogen-bond donors (Lipinski definition) is 1. The third-order valence-corrected chi connectivity index (χ3v) is 7.15. The van der Waals surface area contributed by atoms with E-state index in [0.717, 1.165) is 60.1 Å². The smallest absolute Gasteiger partial charge is 0.411 e. The van der Waals surface area contributed by atoms with Gasteiger partial charge in [-0.3, -0.25) is 4.90 Å². The van der Waals surface area contributed by atoms with E-state index in [-0.39, 0.29) is 24.3 Å². The summed E-state index contributed by atoms with van der Waals surface area (Å²) in [7, 11) is 3.33. The van der Waals surface area contributed by atoms with E-state index in [9.17, 15) is 4.79 Å². The third kappa shape index (κ3) is 5.22. The number of hydrogen-bond acceptors (Lipinski definition) is 5. The first-order valence-electron chi connectivity index (χ1n) is 11.8. The van der Waals surface area contributed by atoms with E-state index in [1.165, 1.54) is 0 Å². The van der Waals surface area contributed by atoms with Gasteiger partial charge in [-0.2, -0.15) is 0 Å². The van der Waals surface area contributed by atoms with Crippen LogP contribution in [0.5, 0.6) is 11.5 Å². The number of amides is 1. The first-order chi connectivity index (χ1) is 16.5. The molecule has 0 aromatic heterocycles. The Hall–Kier alpha value is -3.00. The summed E-state index contributed by atoms with van der Waals surface area (Å²) < 4.78 is 16.5. The molecule has 1 amide bonds. The van der Waals surface area contributed by atoms with Crippen molar-refractivity contribution < 1.29 is 19.0 Å². The molecule has 0 bridgehead atoms. The Bertz CT molecular complexity index is 995. The lowest BCUT2D eigenvalue weighted by Gasteiger charge is -2.38. The highest BCUT2D eigenvalue weighted by atomic mass is 32.1. The Balaban J connectivity index is 1.27. The number of carbonyl (C=O) groups is 1. The summed E-state index contributed by atoms with van der Waals surface area (Å²) in [6.45, 7) is 4.40. The molecule has 2 aliphatic heterocycles. The van der Waals surface area contributed by atoms with Gasteiger partial charge in [-0.05, 0) is 67.7 Å². The quantitative estimate of drug-likeness (QED) is 0.593. The molecule has 2 aromatic carbocycles. The van der Waals surface area contributed by atoms with Crippen LogP contribution in [0.4, 0.5) is 4.79 Å². The minimum absolute atomic E-state index is 0.00868. The number of carbonyl (C=O) groups excluding carboxylic acids is 1. The van der Waals surface area contributed by atoms with Crippen LogP contribution in [0.3, 0.4) is 0 Å². The number of benzene rings is 2. The predicted octanol–water partition coefficient (Wildman–Crippen LogP) is 4.17. The number of thiocarbonyl (C=S) groups is 1. The van der Waals surface area contributed by atoms with Gasteiger partial charge in [0.1, 0.15) is 17.6 Å². The second kappa shape index (κ2) is 11.0. The van der Waals surface area contributed by atoms with Crippen molar-refractivity contribution in [1.29, 1.82) is 0 Å². The maximum Gasteiger partial charge on any atom is 0.411 e. The van der Waals surface area contributed by atoms with Crippen molar-refractivity contribution in [2.45, 2.75) is 44.4 Å². The molecule has 8 heteroatoms. The minimum Gasteiger partial charge on any atom is -0.497 e. The number of cyclic esters (lactones) is 1. The zero-order valence-corrected chi connectivity index (χ0v) is 20.8. The monoisotopic (exact) mass is 483 g/mol. The zero-order chi connectivity index (χ0) is 24.1. The molecular formula is C26H33N3O4S. The topological polar surface area (TPSA) is 63.3 Å². The van der Waals surface area contributed by atoms with Crippen LogP contribution < -0.4 is 14.8 Å². The Morgan fingerprint density at radius 2 is 1.85 bits per heavy atom. The molecule has 7 nitrogen and oxygen atoms in total. The number of nitrogens with zero attached hydrogens (tertiary/aromatic N) is 2. The van der Waals surface area contributed by atoms with Gasteiger partial charge in [-0.1, -0.05) is 30.3 Å². The first kappa shape index (κ1) is 24.1. The zero-order valence-electron chi connectivity index (χ0n) is 20.0. The van der Waals surface area contributed by atoms with Crippen molar-refractivity contribution in [3.05, 3.63) is 59.7 Å². The molecule has 4 rings (SSSR count). The Morgan fingerprint density at radius 1 is 1.12 bits per heavy atom. The van der Waals surface area contributed by atoms with Crippen LogP contribution in [0.1, 0.15) is 37.0 Å². The largest absolute Gasteiger partial charge is 0.497 e. The maximum absolute atomic E-state index is 12.7. The highest BCUT2D eigenvalue weighted by Gasteiger charge is 2.44. The summed E-state index contributed by atoms with van der Waals surface area (Å²) in [5.41, 5.74) is 2.12. The second-order valence-corrected chi connectivity index (χ2v) is 9.13. The molecule has 1 N–H and O–H groups in total. The normalized spacial score (nSPS) is 20.7. The average molecular weight is 484 g/mol. The third-order valence-electron chi connectivity index (χ3n) is 6.75. The molecule has 2 aliphatic rings. The van der Waals surface area contributed by atoms with Gasteiger partial charge < -0.3 is 24.4 Å². The number of methoxy groups -OCH3 is 2. The van der Waals surface area contributed by atoms with Crippen LogP contribution in [-0.4, -0.2) is 66.9 Å². The molecule has 2 heterocycles. The van der Waals surface area contributed by atoms with E-state index >= 15 is 0 Å². The van der Waals surface area contributed by atoms with Crippen LogP contribution in [0.15, 0.2) is 48.5 Å². The summed E-state index contributed by atoms with van der Waals surface area (Å²) >= 11 is 5.66. The molecule has 2 saturated heterocycles. The number of rotatable bonds is 7. The summed E-state index contributed by atoms with van der Waals surface area (Å²) in [6.07, 6.45) is 2.07. The van der Waals surface area contributed by atoms with Gasteiger partial charge in [0.15, 0.2) is 5.11 Å².